The molecule has 96 valence electrons. The van der Waals surface area contributed by atoms with Crippen LogP contribution in [0.25, 0.3) is 0 Å². The van der Waals surface area contributed by atoms with Crippen LogP contribution in [0.15, 0.2) is 6.07 Å². The summed E-state index contributed by atoms with van der Waals surface area (Å²) >= 11 is 0. The van der Waals surface area contributed by atoms with E-state index in [0.29, 0.717) is 0 Å². The third-order valence-corrected chi connectivity index (χ3v) is 3.24. The number of halogens is 2. The molecule has 1 heterocycles. The van der Waals surface area contributed by atoms with E-state index < -0.39 is 11.6 Å². The van der Waals surface area contributed by atoms with Gasteiger partial charge in [-0.15, -0.1) is 0 Å². The van der Waals surface area contributed by atoms with Gasteiger partial charge in [-0.25, -0.2) is 13.8 Å². The zero-order chi connectivity index (χ0) is 13.2. The van der Waals surface area contributed by atoms with E-state index in [0.717, 1.165) is 12.5 Å². The van der Waals surface area contributed by atoms with E-state index in [-0.39, 0.29) is 17.2 Å². The number of nitrogens with one attached hydrogen (secondary N) is 1. The van der Waals surface area contributed by atoms with Gasteiger partial charge in [-0.1, -0.05) is 6.92 Å². The minimum absolute atomic E-state index is 0.0557. The quantitative estimate of drug-likeness (QED) is 0.881. The molecule has 0 atom stereocenters. The molecule has 0 saturated heterocycles. The summed E-state index contributed by atoms with van der Waals surface area (Å²) in [4.78, 5) is 5.69. The Morgan fingerprint density at radius 3 is 2.41 bits per heavy atom. The molecule has 1 rings (SSSR count). The van der Waals surface area contributed by atoms with Gasteiger partial charge < -0.3 is 10.2 Å². The molecule has 1 aromatic rings. The molecule has 1 N–H and O–H groups in total. The Hall–Kier alpha value is -1.39. The number of nitrogens with zero attached hydrogens (tertiary/aromatic N) is 2. The van der Waals surface area contributed by atoms with Crippen LogP contribution in [0, 0.1) is 11.6 Å². The van der Waals surface area contributed by atoms with E-state index in [1.54, 1.807) is 19.0 Å². The smallest absolute Gasteiger partial charge is 0.168 e. The van der Waals surface area contributed by atoms with Gasteiger partial charge in [0.25, 0.3) is 0 Å². The fourth-order valence-corrected chi connectivity index (χ4v) is 1.39. The van der Waals surface area contributed by atoms with Gasteiger partial charge in [-0.2, -0.15) is 0 Å². The van der Waals surface area contributed by atoms with Gasteiger partial charge in [0.2, 0.25) is 0 Å². The van der Waals surface area contributed by atoms with Crippen LogP contribution in [-0.4, -0.2) is 24.6 Å². The van der Waals surface area contributed by atoms with Crippen molar-refractivity contribution in [3.05, 3.63) is 17.7 Å². The highest BCUT2D eigenvalue weighted by Gasteiger charge is 2.25. The number of pyridine rings is 1. The molecule has 0 spiro atoms. The summed E-state index contributed by atoms with van der Waals surface area (Å²) in [6.45, 7) is 5.98. The molecule has 0 unspecified atom stereocenters. The summed E-state index contributed by atoms with van der Waals surface area (Å²) in [7, 11) is 3.31. The normalized spacial score (nSPS) is 11.5. The fraction of sp³-hybridized carbons (Fsp3) is 0.583. The molecule has 0 radical (unpaired) electrons. The predicted octanol–water partition coefficient (Wildman–Crippen LogP) is 3.03. The van der Waals surface area contributed by atoms with Gasteiger partial charge >= 0.3 is 0 Å². The summed E-state index contributed by atoms with van der Waals surface area (Å²) in [6.07, 6.45) is 0.830. The van der Waals surface area contributed by atoms with Gasteiger partial charge in [0, 0.05) is 25.7 Å². The van der Waals surface area contributed by atoms with E-state index in [1.807, 2.05) is 20.8 Å². The molecular formula is C12H19F2N3. The maximum atomic E-state index is 13.7. The Balaban J connectivity index is 3.22. The maximum Gasteiger partial charge on any atom is 0.168 e. The molecule has 0 aromatic carbocycles. The summed E-state index contributed by atoms with van der Waals surface area (Å²) < 4.78 is 27.0. The fourth-order valence-electron chi connectivity index (χ4n) is 1.39. The average Bonchev–Trinajstić information content (AvgIpc) is 2.28. The second-order valence-electron chi connectivity index (χ2n) is 4.60. The first-order valence-electron chi connectivity index (χ1n) is 5.61. The lowest BCUT2D eigenvalue weighted by Gasteiger charge is -2.36. The average molecular weight is 243 g/mol. The second-order valence-corrected chi connectivity index (χ2v) is 4.60. The molecule has 0 aliphatic rings. The maximum absolute atomic E-state index is 13.7. The van der Waals surface area contributed by atoms with Crippen molar-refractivity contribution in [3.8, 4) is 0 Å². The molecule has 3 nitrogen and oxygen atoms in total. The van der Waals surface area contributed by atoms with Crippen molar-refractivity contribution in [1.29, 1.82) is 0 Å². The topological polar surface area (TPSA) is 28.2 Å². The molecule has 0 aliphatic carbocycles. The lowest BCUT2D eigenvalue weighted by molar-refractivity contribution is 0.456. The van der Waals surface area contributed by atoms with E-state index in [1.165, 1.54) is 0 Å². The standard InChI is InChI=1S/C12H19F2N3/c1-6-12(2,3)17(5)11-9(14)7-8(13)10(15-4)16-11/h7H,6H2,1-5H3,(H,15,16). The first-order chi connectivity index (χ1) is 7.83. The monoisotopic (exact) mass is 243 g/mol. The highest BCUT2D eigenvalue weighted by atomic mass is 19.1. The first kappa shape index (κ1) is 13.7. The molecule has 0 saturated carbocycles. The molecule has 0 fully saturated rings. The van der Waals surface area contributed by atoms with Gasteiger partial charge in [0.05, 0.1) is 0 Å². The van der Waals surface area contributed by atoms with Crippen LogP contribution in [0.1, 0.15) is 27.2 Å². The van der Waals surface area contributed by atoms with E-state index >= 15 is 0 Å². The molecule has 5 heteroatoms. The number of hydrogen-bond donors (Lipinski definition) is 1. The lowest BCUT2D eigenvalue weighted by atomic mass is 10.00. The molecule has 17 heavy (non-hydrogen) atoms. The Morgan fingerprint density at radius 1 is 1.35 bits per heavy atom. The van der Waals surface area contributed by atoms with Crippen LogP contribution in [0.2, 0.25) is 0 Å². The van der Waals surface area contributed by atoms with Crippen LogP contribution in [0.4, 0.5) is 20.4 Å². The molecule has 0 aliphatic heterocycles. The Kier molecular flexibility index (Phi) is 3.91. The highest BCUT2D eigenvalue weighted by Crippen LogP contribution is 2.27. The van der Waals surface area contributed by atoms with Gasteiger partial charge in [0.15, 0.2) is 23.3 Å². The number of rotatable bonds is 4. The van der Waals surface area contributed by atoms with E-state index in [4.69, 9.17) is 0 Å². The highest BCUT2D eigenvalue weighted by molar-refractivity contribution is 5.50. The summed E-state index contributed by atoms with van der Waals surface area (Å²) in [5.74, 6) is -1.12. The SMILES string of the molecule is CCC(C)(C)N(C)c1nc(NC)c(F)cc1F. The predicted molar refractivity (Wildman–Crippen MR) is 66.5 cm³/mol. The Morgan fingerprint density at radius 2 is 1.94 bits per heavy atom. The van der Waals surface area contributed by atoms with Crippen molar-refractivity contribution < 1.29 is 8.78 Å². The third-order valence-electron chi connectivity index (χ3n) is 3.24. The summed E-state index contributed by atoms with van der Waals surface area (Å²) in [5, 5.41) is 2.61. The van der Waals surface area contributed by atoms with Crippen LogP contribution >= 0.6 is 0 Å². The van der Waals surface area contributed by atoms with Gasteiger partial charge in [0.1, 0.15) is 0 Å². The van der Waals surface area contributed by atoms with Crippen molar-refractivity contribution in [1.82, 2.24) is 4.98 Å². The van der Waals surface area contributed by atoms with E-state index in [9.17, 15) is 8.78 Å². The van der Waals surface area contributed by atoms with Crippen molar-refractivity contribution in [2.45, 2.75) is 32.7 Å². The molecule has 0 bridgehead atoms. The molecular weight excluding hydrogens is 224 g/mol. The van der Waals surface area contributed by atoms with Crippen molar-refractivity contribution >= 4 is 11.6 Å². The van der Waals surface area contributed by atoms with Crippen molar-refractivity contribution in [2.75, 3.05) is 24.3 Å². The van der Waals surface area contributed by atoms with E-state index in [2.05, 4.69) is 10.3 Å². The first-order valence-corrected chi connectivity index (χ1v) is 5.61. The van der Waals surface area contributed by atoms with Crippen LogP contribution in [0.3, 0.4) is 0 Å². The van der Waals surface area contributed by atoms with Gasteiger partial charge in [-0.05, 0) is 20.3 Å². The lowest BCUT2D eigenvalue weighted by Crippen LogP contribution is -2.41. The zero-order valence-electron chi connectivity index (χ0n) is 10.9. The largest absolute Gasteiger partial charge is 0.371 e. The number of aromatic nitrogens is 1. The summed E-state index contributed by atoms with van der Waals surface area (Å²) in [5.41, 5.74) is -0.239. The Labute approximate surface area is 101 Å². The number of hydrogen-bond acceptors (Lipinski definition) is 3. The molecule has 0 amide bonds. The minimum Gasteiger partial charge on any atom is -0.371 e. The number of anilines is 2. The van der Waals surface area contributed by atoms with Crippen molar-refractivity contribution in [2.24, 2.45) is 0 Å². The Bertz CT molecular complexity index is 405. The van der Waals surface area contributed by atoms with Crippen LogP contribution in [0.5, 0.6) is 0 Å². The third kappa shape index (κ3) is 2.65. The van der Waals surface area contributed by atoms with Crippen LogP contribution < -0.4 is 10.2 Å². The molecule has 1 aromatic heterocycles. The zero-order valence-corrected chi connectivity index (χ0v) is 10.9. The second kappa shape index (κ2) is 4.85. The van der Waals surface area contributed by atoms with Gasteiger partial charge in [-0.3, -0.25) is 0 Å². The minimum atomic E-state index is -0.684. The van der Waals surface area contributed by atoms with Crippen molar-refractivity contribution in [3.63, 3.8) is 0 Å². The summed E-state index contributed by atoms with van der Waals surface area (Å²) in [6, 6.07) is 0.858. The van der Waals surface area contributed by atoms with Crippen LogP contribution in [-0.2, 0) is 0 Å².